The van der Waals surface area contributed by atoms with Gasteiger partial charge in [-0.05, 0) is 35.6 Å². The highest BCUT2D eigenvalue weighted by Crippen LogP contribution is 2.74. The van der Waals surface area contributed by atoms with E-state index in [9.17, 15) is 9.90 Å². The molecule has 0 radical (unpaired) electrons. The first-order valence-electron chi connectivity index (χ1n) is 9.64. The summed E-state index contributed by atoms with van der Waals surface area (Å²) in [7, 11) is 4.52. The lowest BCUT2D eigenvalue weighted by molar-refractivity contribution is -0.130. The number of carbonyl (C=O) groups is 1. The Morgan fingerprint density at radius 1 is 1.17 bits per heavy atom. The van der Waals surface area contributed by atoms with Gasteiger partial charge in [0.05, 0.1) is 32.8 Å². The third kappa shape index (κ3) is 1.77. The minimum absolute atomic E-state index is 0.0239. The maximum Gasteiger partial charge on any atom is 0.231 e. The Balaban J connectivity index is 1.91. The maximum atomic E-state index is 14.1. The molecule has 29 heavy (non-hydrogen) atoms. The van der Waals surface area contributed by atoms with E-state index in [1.165, 1.54) is 14.2 Å². The monoisotopic (exact) mass is 400 g/mol. The number of Topliss-reactive ketones (excluding diaryl/α,β-unsaturated/α-hetero) is 1. The minimum atomic E-state index is -1.12. The van der Waals surface area contributed by atoms with Crippen molar-refractivity contribution in [3.63, 3.8) is 0 Å². The second-order valence-electron chi connectivity index (χ2n) is 8.25. The molecule has 1 heterocycles. The van der Waals surface area contributed by atoms with Crippen molar-refractivity contribution >= 4 is 5.78 Å². The maximum absolute atomic E-state index is 14.1. The number of hydrogen-bond donors (Lipinski definition) is 1. The molecule has 4 aliphatic rings. The Bertz CT molecular complexity index is 1010. The van der Waals surface area contributed by atoms with Crippen LogP contribution in [0.2, 0.25) is 0 Å². The molecule has 0 bridgehead atoms. The number of hydrogen-bond acceptors (Lipinski definition) is 7. The van der Waals surface area contributed by atoms with E-state index in [-0.39, 0.29) is 24.3 Å². The Hall–Kier alpha value is -2.67. The first-order chi connectivity index (χ1) is 13.9. The topological polar surface area (TPSA) is 83.5 Å². The van der Waals surface area contributed by atoms with Crippen molar-refractivity contribution in [3.8, 4) is 17.2 Å². The molecule has 7 heteroatoms. The Labute approximate surface area is 168 Å². The van der Waals surface area contributed by atoms with E-state index in [0.717, 1.165) is 5.57 Å². The van der Waals surface area contributed by atoms with Crippen molar-refractivity contribution in [2.45, 2.75) is 31.8 Å². The van der Waals surface area contributed by atoms with Crippen LogP contribution in [0.1, 0.15) is 37.5 Å². The van der Waals surface area contributed by atoms with Gasteiger partial charge in [-0.1, -0.05) is 13.8 Å². The average Bonchev–Trinajstić information content (AvgIpc) is 3.32. The summed E-state index contributed by atoms with van der Waals surface area (Å²) in [6, 6.07) is 1.78. The average molecular weight is 400 g/mol. The summed E-state index contributed by atoms with van der Waals surface area (Å²) in [5.41, 5.74) is 0.259. The van der Waals surface area contributed by atoms with E-state index in [0.29, 0.717) is 40.6 Å². The van der Waals surface area contributed by atoms with E-state index < -0.39 is 16.9 Å². The number of aliphatic hydroxyl groups excluding tert-OH is 1. The van der Waals surface area contributed by atoms with Gasteiger partial charge < -0.3 is 28.8 Å². The van der Waals surface area contributed by atoms with Gasteiger partial charge in [0.1, 0.15) is 0 Å². The van der Waals surface area contributed by atoms with Crippen LogP contribution >= 0.6 is 0 Å². The first kappa shape index (κ1) is 18.4. The summed E-state index contributed by atoms with van der Waals surface area (Å²) in [6.45, 7) is 4.10. The third-order valence-corrected chi connectivity index (χ3v) is 7.43. The largest absolute Gasteiger partial charge is 0.493 e. The molecule has 1 spiro atoms. The fraction of sp³-hybridized carbons (Fsp3) is 0.500. The van der Waals surface area contributed by atoms with E-state index >= 15 is 0 Å². The zero-order valence-corrected chi connectivity index (χ0v) is 17.1. The number of methoxy groups -OCH3 is 3. The quantitative estimate of drug-likeness (QED) is 0.835. The Morgan fingerprint density at radius 3 is 2.59 bits per heavy atom. The number of ketones is 1. The van der Waals surface area contributed by atoms with Crippen LogP contribution in [0.4, 0.5) is 0 Å². The molecule has 154 valence electrons. The molecule has 1 aliphatic heterocycles. The molecule has 4 unspecified atom stereocenters. The highest BCUT2D eigenvalue weighted by molar-refractivity contribution is 6.10. The molecular formula is C22H24O7. The predicted molar refractivity (Wildman–Crippen MR) is 102 cm³/mol. The fourth-order valence-corrected chi connectivity index (χ4v) is 5.99. The van der Waals surface area contributed by atoms with Crippen LogP contribution < -0.4 is 14.2 Å². The molecule has 3 aliphatic carbocycles. The molecular weight excluding hydrogens is 376 g/mol. The zero-order chi connectivity index (χ0) is 20.7. The van der Waals surface area contributed by atoms with Crippen LogP contribution in [-0.4, -0.2) is 39.0 Å². The van der Waals surface area contributed by atoms with E-state index in [2.05, 4.69) is 6.92 Å². The highest BCUT2D eigenvalue weighted by Gasteiger charge is 2.74. The van der Waals surface area contributed by atoms with Gasteiger partial charge in [-0.15, -0.1) is 0 Å². The first-order valence-corrected chi connectivity index (χ1v) is 9.64. The summed E-state index contributed by atoms with van der Waals surface area (Å²) in [5, 5.41) is 11.5. The highest BCUT2D eigenvalue weighted by atomic mass is 16.7. The molecule has 1 fully saturated rings. The van der Waals surface area contributed by atoms with Gasteiger partial charge in [0.25, 0.3) is 0 Å². The lowest BCUT2D eigenvalue weighted by atomic mass is 9.58. The number of allylic oxidation sites excluding steroid dienone is 3. The smallest absolute Gasteiger partial charge is 0.231 e. The fourth-order valence-electron chi connectivity index (χ4n) is 5.99. The number of fused-ring (bicyclic) bond motifs is 2. The van der Waals surface area contributed by atoms with Gasteiger partial charge in [0.15, 0.2) is 17.3 Å². The summed E-state index contributed by atoms with van der Waals surface area (Å²) >= 11 is 0. The van der Waals surface area contributed by atoms with Crippen LogP contribution in [0, 0.1) is 11.3 Å². The Morgan fingerprint density at radius 2 is 1.93 bits per heavy atom. The SMILES string of the molecule is COC1=C(OC)C(=O)C23C(=C1)CC(C)C2(C)C(O)c1cc2c(c(OC)c13)OCO2. The molecule has 0 amide bonds. The molecule has 4 atom stereocenters. The number of rotatable bonds is 3. The van der Waals surface area contributed by atoms with Crippen molar-refractivity contribution in [1.82, 2.24) is 0 Å². The Kier molecular flexibility index (Phi) is 3.60. The standard InChI is InChI=1S/C22H24O7/c1-10-6-11-7-13(25-3)17(26-4)20(24)22(11)15-12(19(23)21(10,22)2)8-14-16(18(15)27-5)29-9-28-14/h7-8,10,19,23H,6,9H2,1-5H3. The summed E-state index contributed by atoms with van der Waals surface area (Å²) in [5.74, 6) is 1.76. The molecule has 1 N–H and O–H groups in total. The summed E-state index contributed by atoms with van der Waals surface area (Å²) in [6.07, 6.45) is 1.65. The number of aliphatic hydroxyl groups is 1. The van der Waals surface area contributed by atoms with Gasteiger partial charge in [-0.2, -0.15) is 0 Å². The lowest BCUT2D eigenvalue weighted by Gasteiger charge is -2.43. The third-order valence-electron chi connectivity index (χ3n) is 7.43. The molecule has 0 saturated heterocycles. The van der Waals surface area contributed by atoms with Crippen LogP contribution in [0.5, 0.6) is 17.2 Å². The second-order valence-corrected chi connectivity index (χ2v) is 8.25. The van der Waals surface area contributed by atoms with E-state index in [1.54, 1.807) is 13.2 Å². The molecule has 0 aromatic heterocycles. The van der Waals surface area contributed by atoms with Crippen molar-refractivity contribution in [1.29, 1.82) is 0 Å². The lowest BCUT2D eigenvalue weighted by Crippen LogP contribution is -2.50. The van der Waals surface area contributed by atoms with Gasteiger partial charge in [-0.3, -0.25) is 4.79 Å². The van der Waals surface area contributed by atoms with Gasteiger partial charge in [0.2, 0.25) is 24.1 Å². The molecule has 7 nitrogen and oxygen atoms in total. The van der Waals surface area contributed by atoms with Gasteiger partial charge in [0, 0.05) is 11.0 Å². The van der Waals surface area contributed by atoms with Crippen LogP contribution in [-0.2, 0) is 19.7 Å². The van der Waals surface area contributed by atoms with Gasteiger partial charge >= 0.3 is 0 Å². The van der Waals surface area contributed by atoms with Crippen molar-refractivity contribution < 1.29 is 33.6 Å². The molecule has 5 rings (SSSR count). The second kappa shape index (κ2) is 5.69. The predicted octanol–water partition coefficient (Wildman–Crippen LogP) is 2.77. The summed E-state index contributed by atoms with van der Waals surface area (Å²) in [4.78, 5) is 14.1. The normalized spacial score (nSPS) is 33.9. The zero-order valence-electron chi connectivity index (χ0n) is 17.1. The van der Waals surface area contributed by atoms with E-state index in [1.807, 2.05) is 13.0 Å². The van der Waals surface area contributed by atoms with Crippen molar-refractivity contribution in [3.05, 3.63) is 40.4 Å². The van der Waals surface area contributed by atoms with Crippen LogP contribution in [0.15, 0.2) is 29.2 Å². The van der Waals surface area contributed by atoms with Crippen LogP contribution in [0.3, 0.4) is 0 Å². The molecule has 1 aromatic carbocycles. The molecule has 1 aromatic rings. The number of benzene rings is 1. The van der Waals surface area contributed by atoms with Gasteiger partial charge in [-0.25, -0.2) is 0 Å². The molecule has 1 saturated carbocycles. The van der Waals surface area contributed by atoms with Crippen molar-refractivity contribution in [2.24, 2.45) is 11.3 Å². The minimum Gasteiger partial charge on any atom is -0.493 e. The summed E-state index contributed by atoms with van der Waals surface area (Å²) < 4.78 is 28.0. The van der Waals surface area contributed by atoms with Crippen LogP contribution in [0.25, 0.3) is 0 Å². The number of ether oxygens (including phenoxy) is 5. The van der Waals surface area contributed by atoms with Crippen molar-refractivity contribution in [2.75, 3.05) is 28.1 Å². The number of carbonyl (C=O) groups excluding carboxylic acids is 1. The van der Waals surface area contributed by atoms with E-state index in [4.69, 9.17) is 23.7 Å².